The maximum absolute atomic E-state index is 10.8. The summed E-state index contributed by atoms with van der Waals surface area (Å²) in [6, 6.07) is 2.30. The van der Waals surface area contributed by atoms with Gasteiger partial charge in [-0.05, 0) is 38.8 Å². The molecule has 9 nitrogen and oxygen atoms in total. The molecule has 1 saturated heterocycles. The van der Waals surface area contributed by atoms with Crippen LogP contribution in [0.5, 0.6) is 0 Å². The summed E-state index contributed by atoms with van der Waals surface area (Å²) in [5, 5.41) is 19.8. The fraction of sp³-hybridized carbons (Fsp3) is 0.500. The van der Waals surface area contributed by atoms with E-state index in [0.717, 1.165) is 42.7 Å². The lowest BCUT2D eigenvalue weighted by atomic mass is 9.92. The summed E-state index contributed by atoms with van der Waals surface area (Å²) in [5.41, 5.74) is 9.16. The summed E-state index contributed by atoms with van der Waals surface area (Å²) < 4.78 is 3.81. The van der Waals surface area contributed by atoms with Gasteiger partial charge in [-0.25, -0.2) is 9.50 Å². The Morgan fingerprint density at radius 3 is 2.70 bits per heavy atom. The molecule has 0 atom stereocenters. The van der Waals surface area contributed by atoms with Gasteiger partial charge in [0.25, 0.3) is 0 Å². The zero-order chi connectivity index (χ0) is 23.4. The van der Waals surface area contributed by atoms with Crippen LogP contribution in [0, 0.1) is 0 Å². The first-order valence-corrected chi connectivity index (χ1v) is 11.7. The van der Waals surface area contributed by atoms with Crippen LogP contribution in [-0.4, -0.2) is 72.9 Å². The molecule has 9 heteroatoms. The molecule has 4 rings (SSSR count). The molecule has 0 radical (unpaired) electrons. The second kappa shape index (κ2) is 9.84. The number of rotatable bonds is 8. The first-order chi connectivity index (χ1) is 16.0. The molecule has 4 heterocycles. The zero-order valence-electron chi connectivity index (χ0n) is 19.7. The molecule has 1 aliphatic heterocycles. The molecular formula is C24H34N8O. The molecule has 0 unspecified atom stereocenters. The molecule has 3 aromatic heterocycles. The first kappa shape index (κ1) is 23.1. The van der Waals surface area contributed by atoms with Gasteiger partial charge in [0.05, 0.1) is 53.7 Å². The number of fused-ring (bicyclic) bond motifs is 1. The number of likely N-dealkylation sites (tertiary alicyclic amines) is 1. The van der Waals surface area contributed by atoms with Gasteiger partial charge in [-0.15, -0.1) is 0 Å². The van der Waals surface area contributed by atoms with Crippen LogP contribution in [0.1, 0.15) is 51.3 Å². The quantitative estimate of drug-likeness (QED) is 0.511. The van der Waals surface area contributed by atoms with Crippen molar-refractivity contribution in [2.24, 2.45) is 10.7 Å². The van der Waals surface area contributed by atoms with E-state index in [-0.39, 0.29) is 0 Å². The Morgan fingerprint density at radius 2 is 2.00 bits per heavy atom. The van der Waals surface area contributed by atoms with Crippen LogP contribution in [0.4, 0.5) is 0 Å². The average Bonchev–Trinajstić information content (AvgIpc) is 3.49. The normalized spacial score (nSPS) is 17.5. The molecule has 0 aromatic carbocycles. The van der Waals surface area contributed by atoms with Gasteiger partial charge in [0.15, 0.2) is 0 Å². The van der Waals surface area contributed by atoms with Crippen LogP contribution in [0.25, 0.3) is 22.3 Å². The number of aliphatic hydroxyl groups is 1. The van der Waals surface area contributed by atoms with E-state index in [0.29, 0.717) is 36.7 Å². The Kier molecular flexibility index (Phi) is 6.90. The second-order valence-electron chi connectivity index (χ2n) is 8.93. The van der Waals surface area contributed by atoms with E-state index in [9.17, 15) is 5.11 Å². The molecule has 0 aliphatic carbocycles. The third-order valence-electron chi connectivity index (χ3n) is 6.59. The van der Waals surface area contributed by atoms with E-state index >= 15 is 0 Å². The maximum Gasteiger partial charge on any atom is 0.0999 e. The fourth-order valence-electron chi connectivity index (χ4n) is 4.30. The van der Waals surface area contributed by atoms with Crippen molar-refractivity contribution in [3.63, 3.8) is 0 Å². The number of allylic oxidation sites excluding steroid dienone is 1. The molecule has 1 aliphatic rings. The summed E-state index contributed by atoms with van der Waals surface area (Å²) in [7, 11) is 2.07. The van der Waals surface area contributed by atoms with Crippen LogP contribution in [0.2, 0.25) is 0 Å². The largest absolute Gasteiger partial charge is 0.404 e. The lowest BCUT2D eigenvalue weighted by Crippen LogP contribution is -2.44. The molecule has 3 N–H and O–H groups in total. The predicted molar refractivity (Wildman–Crippen MR) is 131 cm³/mol. The summed E-state index contributed by atoms with van der Waals surface area (Å²) in [6.45, 7) is 6.43. The van der Waals surface area contributed by atoms with Gasteiger partial charge < -0.3 is 15.7 Å². The highest BCUT2D eigenvalue weighted by molar-refractivity contribution is 6.09. The molecule has 0 bridgehead atoms. The van der Waals surface area contributed by atoms with Gasteiger partial charge in [-0.3, -0.25) is 9.67 Å². The van der Waals surface area contributed by atoms with E-state index in [1.165, 1.54) is 6.20 Å². The van der Waals surface area contributed by atoms with Crippen LogP contribution in [0.15, 0.2) is 42.0 Å². The average molecular weight is 451 g/mol. The Bertz CT molecular complexity index is 1130. The molecule has 33 heavy (non-hydrogen) atoms. The summed E-state index contributed by atoms with van der Waals surface area (Å²) >= 11 is 0. The van der Waals surface area contributed by atoms with Crippen molar-refractivity contribution in [2.75, 3.05) is 26.7 Å². The standard InChI is InChI=1S/C24H34N8O/c1-4-20(5-2)31-15-19(14-28-31)23-22-6-9-27-32(22)16-21(29-23)18(12-25)13-26-17-24(33)7-10-30(3)11-8-24/h6,9,12-16,20,33H,4-5,7-8,10-11,17,25H2,1-3H3. The van der Waals surface area contributed by atoms with E-state index in [1.54, 1.807) is 16.9 Å². The smallest absolute Gasteiger partial charge is 0.0999 e. The third-order valence-corrected chi connectivity index (χ3v) is 6.59. The van der Waals surface area contributed by atoms with E-state index in [2.05, 4.69) is 41.0 Å². The number of nitrogens with zero attached hydrogens (tertiary/aromatic N) is 7. The van der Waals surface area contributed by atoms with Crippen LogP contribution < -0.4 is 5.73 Å². The van der Waals surface area contributed by atoms with Crippen molar-refractivity contribution in [1.29, 1.82) is 0 Å². The molecule has 176 valence electrons. The minimum Gasteiger partial charge on any atom is -0.404 e. The van der Waals surface area contributed by atoms with Gasteiger partial charge >= 0.3 is 0 Å². The van der Waals surface area contributed by atoms with Gasteiger partial charge in [-0.2, -0.15) is 10.2 Å². The first-order valence-electron chi connectivity index (χ1n) is 11.7. The lowest BCUT2D eigenvalue weighted by molar-refractivity contribution is -0.00695. The van der Waals surface area contributed by atoms with E-state index in [4.69, 9.17) is 10.7 Å². The van der Waals surface area contributed by atoms with Crippen molar-refractivity contribution in [2.45, 2.75) is 51.2 Å². The molecule has 0 saturated carbocycles. The molecule has 1 fully saturated rings. The predicted octanol–water partition coefficient (Wildman–Crippen LogP) is 2.78. The van der Waals surface area contributed by atoms with Gasteiger partial charge in [0, 0.05) is 42.8 Å². The number of aliphatic imine (C=N–C) groups is 1. The van der Waals surface area contributed by atoms with Gasteiger partial charge in [0.1, 0.15) is 0 Å². The van der Waals surface area contributed by atoms with Crippen molar-refractivity contribution in [1.82, 2.24) is 29.3 Å². The maximum atomic E-state index is 10.8. The monoisotopic (exact) mass is 450 g/mol. The highest BCUT2D eigenvalue weighted by Crippen LogP contribution is 2.27. The minimum atomic E-state index is -0.767. The second-order valence-corrected chi connectivity index (χ2v) is 8.93. The van der Waals surface area contributed by atoms with E-state index in [1.807, 2.05) is 29.3 Å². The minimum absolute atomic E-state index is 0.344. The highest BCUT2D eigenvalue weighted by Gasteiger charge is 2.30. The Hall–Kier alpha value is -3.04. The lowest BCUT2D eigenvalue weighted by Gasteiger charge is -2.35. The number of nitrogens with two attached hydrogens (primary N) is 1. The number of piperidine rings is 1. The molecule has 0 amide bonds. The van der Waals surface area contributed by atoms with Crippen LogP contribution in [-0.2, 0) is 0 Å². The summed E-state index contributed by atoms with van der Waals surface area (Å²) in [5.74, 6) is 0. The molecule has 0 spiro atoms. The van der Waals surface area contributed by atoms with Crippen LogP contribution in [0.3, 0.4) is 0 Å². The molecule has 3 aromatic rings. The Balaban J connectivity index is 1.61. The van der Waals surface area contributed by atoms with Gasteiger partial charge in [-0.1, -0.05) is 13.8 Å². The fourth-order valence-corrected chi connectivity index (χ4v) is 4.30. The number of hydrogen-bond donors (Lipinski definition) is 2. The number of aromatic nitrogens is 5. The third kappa shape index (κ3) is 4.99. The number of hydrogen-bond acceptors (Lipinski definition) is 7. The van der Waals surface area contributed by atoms with Gasteiger partial charge in [0.2, 0.25) is 0 Å². The summed E-state index contributed by atoms with van der Waals surface area (Å²) in [6.07, 6.45) is 14.2. The van der Waals surface area contributed by atoms with E-state index < -0.39 is 5.60 Å². The zero-order valence-corrected chi connectivity index (χ0v) is 19.7. The Morgan fingerprint density at radius 1 is 1.24 bits per heavy atom. The topological polar surface area (TPSA) is 110 Å². The van der Waals surface area contributed by atoms with Crippen molar-refractivity contribution in [3.8, 4) is 11.3 Å². The summed E-state index contributed by atoms with van der Waals surface area (Å²) in [4.78, 5) is 11.7. The SMILES string of the molecule is CCC(CC)n1cc(-c2nc(C(C=NCC3(O)CCN(C)CC3)=CN)cn3nccc23)cn1. The highest BCUT2D eigenvalue weighted by atomic mass is 16.3. The Labute approximate surface area is 194 Å². The molecular weight excluding hydrogens is 416 g/mol. The van der Waals surface area contributed by atoms with Crippen LogP contribution >= 0.6 is 0 Å². The van der Waals surface area contributed by atoms with Crippen molar-refractivity contribution >= 4 is 17.3 Å². The van der Waals surface area contributed by atoms with Crippen molar-refractivity contribution in [3.05, 3.63) is 42.7 Å². The van der Waals surface area contributed by atoms with Crippen molar-refractivity contribution < 1.29 is 5.11 Å².